The lowest BCUT2D eigenvalue weighted by Gasteiger charge is -2.28. The Morgan fingerprint density at radius 3 is 2.60 bits per heavy atom. The third-order valence-electron chi connectivity index (χ3n) is 2.45. The van der Waals surface area contributed by atoms with Crippen LogP contribution in [0.25, 0.3) is 1.43 Å². The molecule has 0 unspecified atom stereocenters. The van der Waals surface area contributed by atoms with Gasteiger partial charge in [0.2, 0.25) is 0 Å². The molecule has 0 amide bonds. The Bertz CT molecular complexity index is 150. The van der Waals surface area contributed by atoms with E-state index in [9.17, 15) is 4.79 Å². The number of hydrogen-bond acceptors (Lipinski definition) is 2. The minimum Gasteiger partial charge on any atom is -0.481 e. The molecule has 0 spiro atoms. The highest BCUT2D eigenvalue weighted by atomic mass is 16.4. The largest absolute Gasteiger partial charge is 0.481 e. The van der Waals surface area contributed by atoms with Gasteiger partial charge in [-0.15, -0.1) is 0 Å². The van der Waals surface area contributed by atoms with Gasteiger partial charge in [-0.05, 0) is 19.8 Å². The van der Waals surface area contributed by atoms with Gasteiger partial charge >= 0.3 is 5.97 Å². The summed E-state index contributed by atoms with van der Waals surface area (Å²) in [6.07, 6.45) is 5.15. The first kappa shape index (κ1) is 6.20. The molecule has 1 fully saturated rings. The van der Waals surface area contributed by atoms with E-state index < -0.39 is 0 Å². The lowest BCUT2D eigenvalue weighted by Crippen LogP contribution is -2.29. The van der Waals surface area contributed by atoms with Crippen LogP contribution >= 0.6 is 0 Å². The van der Waals surface area contributed by atoms with Gasteiger partial charge < -0.3 is 5.11 Å². The van der Waals surface area contributed by atoms with Crippen LogP contribution in [0.5, 0.6) is 0 Å². The number of hydrogen-bond donors (Lipinski definition) is 1. The summed E-state index contributed by atoms with van der Waals surface area (Å²) in [5.41, 5.74) is -0.361. The second-order valence-corrected chi connectivity index (χ2v) is 3.41. The van der Waals surface area contributed by atoms with Gasteiger partial charge in [-0.2, -0.15) is 0 Å². The lowest BCUT2D eigenvalue weighted by atomic mass is 9.76. The van der Waals surface area contributed by atoms with Gasteiger partial charge in [-0.25, -0.2) is 0 Å². The van der Waals surface area contributed by atoms with E-state index in [0.717, 1.165) is 25.7 Å². The van der Waals surface area contributed by atoms with E-state index in [1.165, 1.54) is 6.42 Å². The van der Waals surface area contributed by atoms with Gasteiger partial charge in [-0.1, -0.05) is 19.3 Å². The van der Waals surface area contributed by atoms with Crippen molar-refractivity contribution in [2.24, 2.45) is 5.41 Å². The van der Waals surface area contributed by atoms with Crippen molar-refractivity contribution in [3.8, 4) is 0 Å². The number of rotatable bonds is 1. The van der Waals surface area contributed by atoms with Crippen molar-refractivity contribution in [1.29, 1.82) is 1.43 Å². The number of carboxylic acid groups (broad SMARTS) is 1. The normalized spacial score (nSPS) is 25.1. The van der Waals surface area contributed by atoms with E-state index >= 15 is 0 Å². The first-order valence-electron chi connectivity index (χ1n) is 4.27. The number of aliphatic carboxylic acids is 1. The summed E-state index contributed by atoms with van der Waals surface area (Å²) in [7, 11) is 0. The van der Waals surface area contributed by atoms with E-state index in [-0.39, 0.29) is 11.4 Å². The average molecular weight is 143 g/mol. The predicted octanol–water partition coefficient (Wildman–Crippen LogP) is 2.04. The van der Waals surface area contributed by atoms with E-state index in [4.69, 9.17) is 1.43 Å². The van der Waals surface area contributed by atoms with Gasteiger partial charge in [0.1, 0.15) is 0 Å². The first-order chi connectivity index (χ1) is 5.19. The predicted molar refractivity (Wildman–Crippen MR) is 38.8 cm³/mol. The molecule has 1 rings (SSSR count). The Kier molecular flexibility index (Phi) is 1.61. The van der Waals surface area contributed by atoms with Crippen LogP contribution in [-0.4, -0.2) is 11.1 Å². The molecule has 1 N–H and O–H groups in total. The average Bonchev–Trinajstić information content (AvgIpc) is 2.04. The van der Waals surface area contributed by atoms with Crippen LogP contribution in [0.4, 0.5) is 0 Å². The topological polar surface area (TPSA) is 37.3 Å². The monoisotopic (exact) mass is 143 g/mol. The molecular weight excluding hydrogens is 128 g/mol. The van der Waals surface area contributed by atoms with Crippen molar-refractivity contribution in [3.63, 3.8) is 0 Å². The van der Waals surface area contributed by atoms with E-state index in [1.807, 2.05) is 6.92 Å². The highest BCUT2D eigenvalue weighted by Gasteiger charge is 2.33. The van der Waals surface area contributed by atoms with Crippen LogP contribution < -0.4 is 0 Å². The fourth-order valence-corrected chi connectivity index (χ4v) is 1.54. The Balaban J connectivity index is 2.56. The summed E-state index contributed by atoms with van der Waals surface area (Å²) < 4.78 is 6.52. The molecule has 0 atom stereocenters. The fourth-order valence-electron chi connectivity index (χ4n) is 1.54. The molecule has 2 heteroatoms. The van der Waals surface area contributed by atoms with E-state index in [1.54, 1.807) is 0 Å². The van der Waals surface area contributed by atoms with Gasteiger partial charge in [0.15, 0.2) is 0 Å². The maximum atomic E-state index is 11.1. The molecule has 1 aliphatic rings. The first-order valence-corrected chi connectivity index (χ1v) is 3.87. The van der Waals surface area contributed by atoms with E-state index in [2.05, 4.69) is 5.11 Å². The van der Waals surface area contributed by atoms with Crippen molar-refractivity contribution in [2.45, 2.75) is 39.0 Å². The molecule has 0 aromatic rings. The van der Waals surface area contributed by atoms with Crippen molar-refractivity contribution < 1.29 is 9.90 Å². The lowest BCUT2D eigenvalue weighted by molar-refractivity contribution is -0.149. The van der Waals surface area contributed by atoms with Crippen LogP contribution in [0.3, 0.4) is 0 Å². The third kappa shape index (κ3) is 1.31. The Morgan fingerprint density at radius 2 is 2.10 bits per heavy atom. The number of carboxylic acids is 1. The van der Waals surface area contributed by atoms with E-state index in [0.29, 0.717) is 0 Å². The smallest absolute Gasteiger partial charge is 0.309 e. The molecule has 0 bridgehead atoms. The summed E-state index contributed by atoms with van der Waals surface area (Å²) >= 11 is 0. The molecule has 0 heterocycles. The molecule has 0 aliphatic heterocycles. The van der Waals surface area contributed by atoms with Crippen molar-refractivity contribution in [3.05, 3.63) is 0 Å². The van der Waals surface area contributed by atoms with Gasteiger partial charge in [0.05, 0.1) is 5.41 Å². The van der Waals surface area contributed by atoms with Gasteiger partial charge in [-0.3, -0.25) is 4.79 Å². The molecule has 0 aromatic heterocycles. The second-order valence-electron chi connectivity index (χ2n) is 3.41. The molecule has 1 saturated carbocycles. The Morgan fingerprint density at radius 1 is 1.50 bits per heavy atom. The van der Waals surface area contributed by atoms with Crippen LogP contribution in [0.15, 0.2) is 0 Å². The highest BCUT2D eigenvalue weighted by Crippen LogP contribution is 2.35. The highest BCUT2D eigenvalue weighted by molar-refractivity contribution is 5.74. The zero-order valence-corrected chi connectivity index (χ0v) is 6.35. The summed E-state index contributed by atoms with van der Waals surface area (Å²) in [5.74, 6) is -0.364. The zero-order chi connectivity index (χ0) is 8.32. The summed E-state index contributed by atoms with van der Waals surface area (Å²) in [6.45, 7) is 1.89. The standard InChI is InChI=1S/C8H14O2/c1-8(7(9)10)5-3-2-4-6-8/h2-6H2,1H3,(H,9,10)/i/hD. The van der Waals surface area contributed by atoms with Gasteiger partial charge in [0, 0.05) is 0 Å². The molecule has 0 saturated heterocycles. The minimum atomic E-state index is -0.364. The van der Waals surface area contributed by atoms with Crippen molar-refractivity contribution in [2.75, 3.05) is 0 Å². The maximum absolute atomic E-state index is 11.1. The molecular formula is C8H14O2. The second kappa shape index (κ2) is 2.60. The third-order valence-corrected chi connectivity index (χ3v) is 2.45. The SMILES string of the molecule is [2H]OC(=O)C1(C)CCCCC1. The van der Waals surface area contributed by atoms with Crippen molar-refractivity contribution >= 4 is 5.97 Å². The Labute approximate surface area is 62.7 Å². The molecule has 0 radical (unpaired) electrons. The molecule has 58 valence electrons. The Hall–Kier alpha value is -0.530. The van der Waals surface area contributed by atoms with Crippen LogP contribution in [0.1, 0.15) is 39.0 Å². The number of carbonyl (C=O) groups is 1. The van der Waals surface area contributed by atoms with Crippen LogP contribution in [0, 0.1) is 5.41 Å². The van der Waals surface area contributed by atoms with Crippen LogP contribution in [-0.2, 0) is 4.79 Å². The fraction of sp³-hybridized carbons (Fsp3) is 0.875. The molecule has 1 aliphatic carbocycles. The maximum Gasteiger partial charge on any atom is 0.309 e. The minimum absolute atomic E-state index is 0.361. The summed E-state index contributed by atoms with van der Waals surface area (Å²) in [5, 5.41) is 4.00. The molecule has 10 heavy (non-hydrogen) atoms. The quantitative estimate of drug-likeness (QED) is 0.610. The summed E-state index contributed by atoms with van der Waals surface area (Å²) in [6, 6.07) is 0. The zero-order valence-electron chi connectivity index (χ0n) is 7.35. The molecule has 0 aromatic carbocycles. The summed E-state index contributed by atoms with van der Waals surface area (Å²) in [4.78, 5) is 11.1. The van der Waals surface area contributed by atoms with Crippen molar-refractivity contribution in [1.82, 2.24) is 0 Å². The molecule has 2 nitrogen and oxygen atoms in total. The van der Waals surface area contributed by atoms with Crippen LogP contribution in [0.2, 0.25) is 0 Å². The van der Waals surface area contributed by atoms with Gasteiger partial charge in [0.25, 0.3) is 1.43 Å².